The minimum absolute atomic E-state index is 0.00810. The van der Waals surface area contributed by atoms with E-state index in [-0.39, 0.29) is 5.91 Å². The van der Waals surface area contributed by atoms with Gasteiger partial charge in [-0.05, 0) is 18.1 Å². The van der Waals surface area contributed by atoms with Gasteiger partial charge in [-0.2, -0.15) is 0 Å². The van der Waals surface area contributed by atoms with Crippen LogP contribution in [0.3, 0.4) is 0 Å². The Kier molecular flexibility index (Phi) is 4.10. The highest BCUT2D eigenvalue weighted by molar-refractivity contribution is 7.80. The second kappa shape index (κ2) is 5.61. The van der Waals surface area contributed by atoms with Crippen molar-refractivity contribution in [3.8, 4) is 0 Å². The molecule has 3 nitrogen and oxygen atoms in total. The lowest BCUT2D eigenvalue weighted by Gasteiger charge is -2.20. The lowest BCUT2D eigenvalue weighted by atomic mass is 10.1. The molecule has 2 rings (SSSR count). The van der Waals surface area contributed by atoms with Gasteiger partial charge in [-0.1, -0.05) is 26.0 Å². The fraction of sp³-hybridized carbons (Fsp3) is 0.333. The molecule has 1 aromatic heterocycles. The summed E-state index contributed by atoms with van der Waals surface area (Å²) in [7, 11) is 1.82. The molecule has 0 radical (unpaired) electrons. The van der Waals surface area contributed by atoms with Gasteiger partial charge in [0.05, 0.1) is 11.1 Å². The van der Waals surface area contributed by atoms with E-state index in [1.807, 2.05) is 31.3 Å². The first kappa shape index (κ1) is 13.9. The van der Waals surface area contributed by atoms with Crippen molar-refractivity contribution in [1.29, 1.82) is 0 Å². The maximum atomic E-state index is 12.4. The molecule has 0 saturated carbocycles. The van der Waals surface area contributed by atoms with E-state index >= 15 is 0 Å². The molecule has 1 amide bonds. The van der Waals surface area contributed by atoms with E-state index in [2.05, 4.69) is 31.5 Å². The van der Waals surface area contributed by atoms with Crippen LogP contribution in [0.5, 0.6) is 0 Å². The van der Waals surface area contributed by atoms with Crippen molar-refractivity contribution in [2.24, 2.45) is 5.92 Å². The summed E-state index contributed by atoms with van der Waals surface area (Å²) < 4.78 is 0. The maximum Gasteiger partial charge on any atom is 0.254 e. The Balaban J connectivity index is 2.40. The highest BCUT2D eigenvalue weighted by atomic mass is 32.1. The number of pyridine rings is 1. The first-order valence-corrected chi connectivity index (χ1v) is 6.77. The number of nitrogens with zero attached hydrogens (tertiary/aromatic N) is 2. The van der Waals surface area contributed by atoms with Gasteiger partial charge in [-0.25, -0.2) is 0 Å². The average molecular weight is 274 g/mol. The number of carbonyl (C=O) groups is 1. The number of hydrogen-bond donors (Lipinski definition) is 1. The number of rotatable bonds is 3. The van der Waals surface area contributed by atoms with Gasteiger partial charge in [-0.3, -0.25) is 9.78 Å². The molecule has 0 saturated heterocycles. The molecule has 1 heterocycles. The molecule has 19 heavy (non-hydrogen) atoms. The Bertz CT molecular complexity index is 610. The molecule has 0 aliphatic heterocycles. The van der Waals surface area contributed by atoms with Crippen molar-refractivity contribution in [3.05, 3.63) is 36.0 Å². The molecule has 1 aromatic carbocycles. The summed E-state index contributed by atoms with van der Waals surface area (Å²) in [4.78, 5) is 19.1. The van der Waals surface area contributed by atoms with Crippen LogP contribution < -0.4 is 0 Å². The van der Waals surface area contributed by atoms with Gasteiger partial charge < -0.3 is 4.90 Å². The van der Waals surface area contributed by atoms with E-state index < -0.39 is 0 Å². The molecule has 0 atom stereocenters. The third-order valence-electron chi connectivity index (χ3n) is 2.96. The Morgan fingerprint density at radius 1 is 1.37 bits per heavy atom. The van der Waals surface area contributed by atoms with Crippen LogP contribution in [0, 0.1) is 5.92 Å². The van der Waals surface area contributed by atoms with Gasteiger partial charge >= 0.3 is 0 Å². The van der Waals surface area contributed by atoms with Crippen molar-refractivity contribution >= 4 is 29.4 Å². The third-order valence-corrected chi connectivity index (χ3v) is 3.42. The topological polar surface area (TPSA) is 33.2 Å². The number of hydrogen-bond acceptors (Lipinski definition) is 3. The molecular weight excluding hydrogens is 256 g/mol. The summed E-state index contributed by atoms with van der Waals surface area (Å²) in [6, 6.07) is 7.58. The number of thiol groups is 1. The highest BCUT2D eigenvalue weighted by Gasteiger charge is 2.17. The van der Waals surface area contributed by atoms with Crippen LogP contribution in [0.4, 0.5) is 0 Å². The number of fused-ring (bicyclic) bond motifs is 1. The zero-order valence-corrected chi connectivity index (χ0v) is 12.3. The fourth-order valence-electron chi connectivity index (χ4n) is 2.14. The molecular formula is C15H18N2OS. The minimum atomic E-state index is -0.00810. The molecule has 2 aromatic rings. The van der Waals surface area contributed by atoms with Crippen LogP contribution in [-0.4, -0.2) is 29.4 Å². The Morgan fingerprint density at radius 2 is 2.11 bits per heavy atom. The molecule has 0 bridgehead atoms. The second-order valence-corrected chi connectivity index (χ2v) is 5.56. The summed E-state index contributed by atoms with van der Waals surface area (Å²) in [5.74, 6) is 0.433. The Labute approximate surface area is 119 Å². The monoisotopic (exact) mass is 274 g/mol. The first-order chi connectivity index (χ1) is 9.00. The summed E-state index contributed by atoms with van der Waals surface area (Å²) in [5.41, 5.74) is 1.38. The largest absolute Gasteiger partial charge is 0.341 e. The van der Waals surface area contributed by atoms with Gasteiger partial charge in [0, 0.05) is 30.1 Å². The van der Waals surface area contributed by atoms with E-state index in [9.17, 15) is 4.79 Å². The highest BCUT2D eigenvalue weighted by Crippen LogP contribution is 2.24. The van der Waals surface area contributed by atoms with Crippen LogP contribution >= 0.6 is 12.6 Å². The van der Waals surface area contributed by atoms with Crippen molar-refractivity contribution in [3.63, 3.8) is 0 Å². The maximum absolute atomic E-state index is 12.4. The molecule has 4 heteroatoms. The minimum Gasteiger partial charge on any atom is -0.341 e. The van der Waals surface area contributed by atoms with Crippen LogP contribution in [-0.2, 0) is 0 Å². The number of aromatic nitrogens is 1. The van der Waals surface area contributed by atoms with Crippen LogP contribution in [0.2, 0.25) is 0 Å². The summed E-state index contributed by atoms with van der Waals surface area (Å²) in [6.45, 7) is 4.91. The van der Waals surface area contributed by atoms with E-state index in [1.165, 1.54) is 0 Å². The standard InChI is InChI=1S/C15H18N2OS/c1-10(2)9-17(3)15(18)12-7-6-11-5-4-8-16-13(11)14(12)19/h4-8,10,19H,9H2,1-3H3. The third kappa shape index (κ3) is 2.89. The van der Waals surface area contributed by atoms with E-state index in [0.717, 1.165) is 17.4 Å². The van der Waals surface area contributed by atoms with Crippen LogP contribution in [0.15, 0.2) is 35.4 Å². The van der Waals surface area contributed by atoms with E-state index in [0.29, 0.717) is 16.4 Å². The van der Waals surface area contributed by atoms with Gasteiger partial charge in [0.1, 0.15) is 0 Å². The smallest absolute Gasteiger partial charge is 0.254 e. The van der Waals surface area contributed by atoms with E-state index in [4.69, 9.17) is 0 Å². The van der Waals surface area contributed by atoms with Crippen LogP contribution in [0.1, 0.15) is 24.2 Å². The molecule has 0 N–H and O–H groups in total. The van der Waals surface area contributed by atoms with Crippen LogP contribution in [0.25, 0.3) is 10.9 Å². The molecule has 0 spiro atoms. The predicted octanol–water partition coefficient (Wildman–Crippen LogP) is 3.25. The normalized spacial score (nSPS) is 11.0. The SMILES string of the molecule is CC(C)CN(C)C(=O)c1ccc2cccnc2c1S. The van der Waals surface area contributed by atoms with Gasteiger partial charge in [-0.15, -0.1) is 12.6 Å². The van der Waals surface area contributed by atoms with Crippen molar-refractivity contribution in [2.45, 2.75) is 18.7 Å². The lowest BCUT2D eigenvalue weighted by Crippen LogP contribution is -2.30. The quantitative estimate of drug-likeness (QED) is 0.872. The zero-order chi connectivity index (χ0) is 14.0. The molecule has 0 aliphatic carbocycles. The summed E-state index contributed by atoms with van der Waals surface area (Å²) >= 11 is 4.48. The second-order valence-electron chi connectivity index (χ2n) is 5.12. The first-order valence-electron chi connectivity index (χ1n) is 6.33. The Morgan fingerprint density at radius 3 is 2.79 bits per heavy atom. The fourth-order valence-corrected chi connectivity index (χ4v) is 2.50. The molecule has 0 fully saturated rings. The van der Waals surface area contributed by atoms with Crippen molar-refractivity contribution in [2.75, 3.05) is 13.6 Å². The zero-order valence-electron chi connectivity index (χ0n) is 11.4. The summed E-state index contributed by atoms with van der Waals surface area (Å²) in [5, 5.41) is 0.996. The molecule has 0 aliphatic rings. The number of carbonyl (C=O) groups excluding carboxylic acids is 1. The van der Waals surface area contributed by atoms with Gasteiger partial charge in [0.15, 0.2) is 0 Å². The number of amides is 1. The summed E-state index contributed by atoms with van der Waals surface area (Å²) in [6.07, 6.45) is 1.72. The lowest BCUT2D eigenvalue weighted by molar-refractivity contribution is 0.0776. The predicted molar refractivity (Wildman–Crippen MR) is 80.8 cm³/mol. The Hall–Kier alpha value is -1.55. The molecule has 100 valence electrons. The van der Waals surface area contributed by atoms with E-state index in [1.54, 1.807) is 11.1 Å². The van der Waals surface area contributed by atoms with Crippen molar-refractivity contribution < 1.29 is 4.79 Å². The molecule has 0 unspecified atom stereocenters. The van der Waals surface area contributed by atoms with Gasteiger partial charge in [0.25, 0.3) is 5.91 Å². The number of benzene rings is 1. The van der Waals surface area contributed by atoms with Gasteiger partial charge in [0.2, 0.25) is 0 Å². The van der Waals surface area contributed by atoms with Crippen molar-refractivity contribution in [1.82, 2.24) is 9.88 Å². The average Bonchev–Trinajstić information content (AvgIpc) is 2.38.